The molecule has 136 valence electrons. The average molecular weight is 329 g/mol. The number of rotatable bonds is 14. The van der Waals surface area contributed by atoms with E-state index in [2.05, 4.69) is 21.7 Å². The molecule has 0 aliphatic rings. The minimum Gasteiger partial charge on any atom is -0.467 e. The Hall–Kier alpha value is -1.10. The SMILES string of the molecule is CCCCCCCCCCCCNC(C)(C(=O)OC)C(=O)OC. The second-order valence-electron chi connectivity index (χ2n) is 6.22. The quantitative estimate of drug-likeness (QED) is 0.300. The standard InChI is InChI=1S/C18H35NO4/c1-5-6-7-8-9-10-11-12-13-14-15-19-18(2,16(20)22-3)17(21)23-4/h19H,5-15H2,1-4H3. The van der Waals surface area contributed by atoms with Gasteiger partial charge in [-0.15, -0.1) is 0 Å². The van der Waals surface area contributed by atoms with Gasteiger partial charge in [0, 0.05) is 0 Å². The summed E-state index contributed by atoms with van der Waals surface area (Å²) < 4.78 is 9.37. The maximum Gasteiger partial charge on any atom is 0.337 e. The van der Waals surface area contributed by atoms with Crippen molar-refractivity contribution in [1.82, 2.24) is 5.32 Å². The molecule has 0 spiro atoms. The molecular weight excluding hydrogens is 294 g/mol. The van der Waals surface area contributed by atoms with Gasteiger partial charge in [0.15, 0.2) is 0 Å². The molecule has 5 nitrogen and oxygen atoms in total. The lowest BCUT2D eigenvalue weighted by Crippen LogP contribution is -2.57. The second-order valence-corrected chi connectivity index (χ2v) is 6.22. The molecule has 5 heteroatoms. The maximum atomic E-state index is 11.8. The number of nitrogens with one attached hydrogen (secondary N) is 1. The highest BCUT2D eigenvalue weighted by Gasteiger charge is 2.43. The van der Waals surface area contributed by atoms with E-state index in [1.807, 2.05) is 0 Å². The number of esters is 2. The van der Waals surface area contributed by atoms with Crippen LogP contribution in [0.2, 0.25) is 0 Å². The number of methoxy groups -OCH3 is 2. The van der Waals surface area contributed by atoms with Crippen LogP contribution in [-0.4, -0.2) is 38.2 Å². The van der Waals surface area contributed by atoms with Crippen molar-refractivity contribution in [2.45, 2.75) is 83.6 Å². The van der Waals surface area contributed by atoms with Crippen molar-refractivity contribution in [3.63, 3.8) is 0 Å². The third-order valence-electron chi connectivity index (χ3n) is 4.20. The van der Waals surface area contributed by atoms with E-state index in [9.17, 15) is 9.59 Å². The van der Waals surface area contributed by atoms with Crippen molar-refractivity contribution >= 4 is 11.9 Å². The van der Waals surface area contributed by atoms with Gasteiger partial charge in [-0.2, -0.15) is 0 Å². The molecule has 0 bridgehead atoms. The molecular formula is C18H35NO4. The van der Waals surface area contributed by atoms with Crippen LogP contribution in [0.1, 0.15) is 78.1 Å². The van der Waals surface area contributed by atoms with Gasteiger partial charge in [0.1, 0.15) is 0 Å². The van der Waals surface area contributed by atoms with E-state index in [4.69, 9.17) is 0 Å². The molecule has 0 amide bonds. The van der Waals surface area contributed by atoms with Gasteiger partial charge in [0.2, 0.25) is 5.54 Å². The number of unbranched alkanes of at least 4 members (excludes halogenated alkanes) is 9. The summed E-state index contributed by atoms with van der Waals surface area (Å²) in [5.74, 6) is -1.23. The van der Waals surface area contributed by atoms with Gasteiger partial charge in [-0.1, -0.05) is 64.7 Å². The summed E-state index contributed by atoms with van der Waals surface area (Å²) in [5, 5.41) is 2.97. The average Bonchev–Trinajstić information content (AvgIpc) is 2.57. The predicted molar refractivity (Wildman–Crippen MR) is 92.3 cm³/mol. The third kappa shape index (κ3) is 8.94. The first-order valence-corrected chi connectivity index (χ1v) is 8.94. The Morgan fingerprint density at radius 3 is 1.57 bits per heavy atom. The summed E-state index contributed by atoms with van der Waals surface area (Å²) in [4.78, 5) is 23.5. The van der Waals surface area contributed by atoms with Crippen molar-refractivity contribution in [3.8, 4) is 0 Å². The molecule has 0 fully saturated rings. The fourth-order valence-corrected chi connectivity index (χ4v) is 2.59. The first-order valence-electron chi connectivity index (χ1n) is 8.94. The van der Waals surface area contributed by atoms with Gasteiger partial charge in [0.05, 0.1) is 14.2 Å². The predicted octanol–water partition coefficient (Wildman–Crippen LogP) is 3.60. The van der Waals surface area contributed by atoms with Crippen LogP contribution in [-0.2, 0) is 19.1 Å². The zero-order chi connectivity index (χ0) is 17.6. The maximum absolute atomic E-state index is 11.8. The largest absolute Gasteiger partial charge is 0.467 e. The van der Waals surface area contributed by atoms with Crippen LogP contribution in [0.5, 0.6) is 0 Å². The Balaban J connectivity index is 3.75. The van der Waals surface area contributed by atoms with Crippen LogP contribution < -0.4 is 5.32 Å². The first-order chi connectivity index (χ1) is 11.0. The number of ether oxygens (including phenoxy) is 2. The van der Waals surface area contributed by atoms with Crippen LogP contribution in [0.3, 0.4) is 0 Å². The van der Waals surface area contributed by atoms with E-state index in [1.54, 1.807) is 0 Å². The van der Waals surface area contributed by atoms with Gasteiger partial charge in [0.25, 0.3) is 0 Å². The van der Waals surface area contributed by atoms with Gasteiger partial charge in [-0.25, -0.2) is 9.59 Å². The Morgan fingerprint density at radius 1 is 0.783 bits per heavy atom. The number of hydrogen-bond donors (Lipinski definition) is 1. The zero-order valence-corrected chi connectivity index (χ0v) is 15.4. The Morgan fingerprint density at radius 2 is 1.17 bits per heavy atom. The van der Waals surface area contributed by atoms with E-state index in [0.717, 1.165) is 12.8 Å². The molecule has 0 aliphatic heterocycles. The van der Waals surface area contributed by atoms with Crippen molar-refractivity contribution < 1.29 is 19.1 Å². The van der Waals surface area contributed by atoms with Crippen LogP contribution in [0.25, 0.3) is 0 Å². The monoisotopic (exact) mass is 329 g/mol. The lowest BCUT2D eigenvalue weighted by Gasteiger charge is -2.25. The summed E-state index contributed by atoms with van der Waals surface area (Å²) in [5.41, 5.74) is -1.41. The molecule has 0 aromatic carbocycles. The molecule has 23 heavy (non-hydrogen) atoms. The first kappa shape index (κ1) is 21.9. The molecule has 0 saturated carbocycles. The summed E-state index contributed by atoms with van der Waals surface area (Å²) >= 11 is 0. The van der Waals surface area contributed by atoms with E-state index >= 15 is 0 Å². The molecule has 0 radical (unpaired) electrons. The Kier molecular flexibility index (Phi) is 12.7. The smallest absolute Gasteiger partial charge is 0.337 e. The second kappa shape index (κ2) is 13.3. The molecule has 0 unspecified atom stereocenters. The molecule has 0 heterocycles. The van der Waals surface area contributed by atoms with Gasteiger partial charge in [-0.05, 0) is 19.9 Å². The summed E-state index contributed by atoms with van der Waals surface area (Å²) in [6, 6.07) is 0. The molecule has 0 rings (SSSR count). The van der Waals surface area contributed by atoms with Crippen molar-refractivity contribution in [2.75, 3.05) is 20.8 Å². The highest BCUT2D eigenvalue weighted by Crippen LogP contribution is 2.12. The highest BCUT2D eigenvalue weighted by atomic mass is 16.5. The normalized spacial score (nSPS) is 11.3. The molecule has 0 aliphatic carbocycles. The van der Waals surface area contributed by atoms with E-state index in [1.165, 1.54) is 72.5 Å². The van der Waals surface area contributed by atoms with Crippen LogP contribution >= 0.6 is 0 Å². The minimum absolute atomic E-state index is 0.594. The van der Waals surface area contributed by atoms with E-state index < -0.39 is 17.5 Å². The minimum atomic E-state index is -1.41. The van der Waals surface area contributed by atoms with E-state index in [0.29, 0.717) is 6.54 Å². The topological polar surface area (TPSA) is 64.6 Å². The Labute approximate surface area is 141 Å². The molecule has 0 aromatic rings. The highest BCUT2D eigenvalue weighted by molar-refractivity contribution is 6.04. The lowest BCUT2D eigenvalue weighted by atomic mass is 10.0. The molecule has 1 N–H and O–H groups in total. The molecule has 0 saturated heterocycles. The van der Waals surface area contributed by atoms with Crippen LogP contribution in [0.4, 0.5) is 0 Å². The van der Waals surface area contributed by atoms with Gasteiger partial charge >= 0.3 is 11.9 Å². The zero-order valence-electron chi connectivity index (χ0n) is 15.4. The van der Waals surface area contributed by atoms with Crippen molar-refractivity contribution in [2.24, 2.45) is 0 Å². The van der Waals surface area contributed by atoms with Crippen molar-refractivity contribution in [3.05, 3.63) is 0 Å². The number of carbonyl (C=O) groups excluding carboxylic acids is 2. The van der Waals surface area contributed by atoms with Crippen LogP contribution in [0, 0.1) is 0 Å². The van der Waals surface area contributed by atoms with Crippen LogP contribution in [0.15, 0.2) is 0 Å². The molecule has 0 aromatic heterocycles. The summed E-state index contributed by atoms with van der Waals surface area (Å²) in [6.07, 6.45) is 12.5. The number of hydrogen-bond acceptors (Lipinski definition) is 5. The third-order valence-corrected chi connectivity index (χ3v) is 4.20. The lowest BCUT2D eigenvalue weighted by molar-refractivity contribution is -0.162. The van der Waals surface area contributed by atoms with Gasteiger partial charge in [-0.3, -0.25) is 5.32 Å². The van der Waals surface area contributed by atoms with E-state index in [-0.39, 0.29) is 0 Å². The Bertz CT molecular complexity index is 315. The van der Waals surface area contributed by atoms with Crippen molar-refractivity contribution in [1.29, 1.82) is 0 Å². The molecule has 0 atom stereocenters. The fraction of sp³-hybridized carbons (Fsp3) is 0.889. The number of carbonyl (C=O) groups is 2. The summed E-state index contributed by atoms with van der Waals surface area (Å²) in [6.45, 7) is 4.33. The van der Waals surface area contributed by atoms with Gasteiger partial charge < -0.3 is 9.47 Å². The summed E-state index contributed by atoms with van der Waals surface area (Å²) in [7, 11) is 2.54. The fourth-order valence-electron chi connectivity index (χ4n) is 2.59.